The first-order chi connectivity index (χ1) is 30.1. The quantitative estimate of drug-likeness (QED) is 0.0344. The predicted octanol–water partition coefficient (Wildman–Crippen LogP) is 17.9. The maximum atomic E-state index is 12.8. The second-order valence-corrected chi connectivity index (χ2v) is 20.6. The Balaban J connectivity index is 4.32. The summed E-state index contributed by atoms with van der Waals surface area (Å²) in [4.78, 5) is 38.1. The summed E-state index contributed by atoms with van der Waals surface area (Å²) in [5.41, 5.74) is 0. The van der Waals surface area contributed by atoms with Gasteiger partial charge in [0.25, 0.3) is 0 Å². The summed E-state index contributed by atoms with van der Waals surface area (Å²) in [7, 11) is 0. The standard InChI is InChI=1S/C56H108O6/c1-50(2)42-36-30-24-18-12-8-7-9-15-23-29-35-41-47-56(59)62-53(49-61-55(58)46-40-34-28-22-17-16-20-26-32-38-44-52(5)6)48-60-54(57)45-39-33-27-21-14-11-10-13-19-25-31-37-43-51(3)4/h50-53H,7-49H2,1-6H3/t53-/m1/s1. The minimum atomic E-state index is -0.763. The summed E-state index contributed by atoms with van der Waals surface area (Å²) < 4.78 is 16.9. The lowest BCUT2D eigenvalue weighted by Crippen LogP contribution is -2.30. The molecule has 368 valence electrons. The Labute approximate surface area is 387 Å². The molecule has 0 amide bonds. The van der Waals surface area contributed by atoms with E-state index < -0.39 is 6.10 Å². The molecular weight excluding hydrogens is 769 g/mol. The largest absolute Gasteiger partial charge is 0.462 e. The van der Waals surface area contributed by atoms with Crippen molar-refractivity contribution in [3.8, 4) is 0 Å². The van der Waals surface area contributed by atoms with Gasteiger partial charge in [0.05, 0.1) is 0 Å². The topological polar surface area (TPSA) is 78.9 Å². The van der Waals surface area contributed by atoms with Crippen LogP contribution in [0.1, 0.15) is 305 Å². The molecule has 0 spiro atoms. The molecule has 0 N–H and O–H groups in total. The molecule has 0 saturated heterocycles. The van der Waals surface area contributed by atoms with Gasteiger partial charge in [0, 0.05) is 19.3 Å². The molecule has 0 aliphatic heterocycles. The van der Waals surface area contributed by atoms with Gasteiger partial charge < -0.3 is 14.2 Å². The second kappa shape index (κ2) is 47.4. The summed E-state index contributed by atoms with van der Waals surface area (Å²) in [5.74, 6) is 1.64. The highest BCUT2D eigenvalue weighted by Gasteiger charge is 2.19. The molecule has 0 bridgehead atoms. The molecular formula is C56H108O6. The second-order valence-electron chi connectivity index (χ2n) is 20.6. The highest BCUT2D eigenvalue weighted by molar-refractivity contribution is 5.71. The van der Waals surface area contributed by atoms with Gasteiger partial charge in [-0.1, -0.05) is 266 Å². The van der Waals surface area contributed by atoms with Crippen molar-refractivity contribution in [2.75, 3.05) is 13.2 Å². The van der Waals surface area contributed by atoms with E-state index in [1.165, 1.54) is 186 Å². The molecule has 0 rings (SSSR count). The Morgan fingerprint density at radius 2 is 0.468 bits per heavy atom. The van der Waals surface area contributed by atoms with Crippen molar-refractivity contribution in [2.24, 2.45) is 17.8 Å². The van der Waals surface area contributed by atoms with Crippen molar-refractivity contribution in [1.82, 2.24) is 0 Å². The fourth-order valence-electron chi connectivity index (χ4n) is 8.47. The van der Waals surface area contributed by atoms with Crippen LogP contribution >= 0.6 is 0 Å². The van der Waals surface area contributed by atoms with Crippen LogP contribution in [0.5, 0.6) is 0 Å². The van der Waals surface area contributed by atoms with Gasteiger partial charge in [0.1, 0.15) is 13.2 Å². The van der Waals surface area contributed by atoms with Crippen LogP contribution < -0.4 is 0 Å². The Hall–Kier alpha value is -1.59. The van der Waals surface area contributed by atoms with Crippen LogP contribution in [-0.2, 0) is 28.6 Å². The van der Waals surface area contributed by atoms with E-state index in [4.69, 9.17) is 14.2 Å². The molecule has 0 unspecified atom stereocenters. The molecule has 0 aliphatic rings. The maximum absolute atomic E-state index is 12.8. The molecule has 0 radical (unpaired) electrons. The Morgan fingerprint density at radius 3 is 0.694 bits per heavy atom. The minimum Gasteiger partial charge on any atom is -0.462 e. The average molecular weight is 877 g/mol. The van der Waals surface area contributed by atoms with Crippen LogP contribution in [0.15, 0.2) is 0 Å². The molecule has 0 aliphatic carbocycles. The first kappa shape index (κ1) is 60.4. The number of unbranched alkanes of at least 4 members (excludes halogenated alkanes) is 32. The third-order valence-electron chi connectivity index (χ3n) is 12.6. The van der Waals surface area contributed by atoms with Crippen molar-refractivity contribution >= 4 is 17.9 Å². The molecule has 0 aromatic rings. The number of ether oxygens (including phenoxy) is 3. The van der Waals surface area contributed by atoms with E-state index in [0.29, 0.717) is 19.3 Å². The number of carbonyl (C=O) groups excluding carboxylic acids is 3. The van der Waals surface area contributed by atoms with E-state index >= 15 is 0 Å². The van der Waals surface area contributed by atoms with Gasteiger partial charge in [0.2, 0.25) is 0 Å². The lowest BCUT2D eigenvalue weighted by Gasteiger charge is -2.18. The lowest BCUT2D eigenvalue weighted by molar-refractivity contribution is -0.167. The third-order valence-corrected chi connectivity index (χ3v) is 12.6. The molecule has 62 heavy (non-hydrogen) atoms. The maximum Gasteiger partial charge on any atom is 0.306 e. The summed E-state index contributed by atoms with van der Waals surface area (Å²) in [6.45, 7) is 13.7. The third kappa shape index (κ3) is 49.4. The molecule has 6 nitrogen and oxygen atoms in total. The van der Waals surface area contributed by atoms with Gasteiger partial charge in [-0.3, -0.25) is 14.4 Å². The fourth-order valence-corrected chi connectivity index (χ4v) is 8.47. The van der Waals surface area contributed by atoms with Gasteiger partial charge in [-0.2, -0.15) is 0 Å². The van der Waals surface area contributed by atoms with E-state index in [-0.39, 0.29) is 31.1 Å². The van der Waals surface area contributed by atoms with Gasteiger partial charge in [-0.05, 0) is 37.0 Å². The molecule has 1 atom stereocenters. The molecule has 0 aromatic heterocycles. The zero-order valence-electron chi connectivity index (χ0n) is 42.7. The first-order valence-corrected chi connectivity index (χ1v) is 27.6. The summed E-state index contributed by atoms with van der Waals surface area (Å²) in [5, 5.41) is 0. The Morgan fingerprint density at radius 1 is 0.274 bits per heavy atom. The van der Waals surface area contributed by atoms with E-state index in [1.54, 1.807) is 0 Å². The van der Waals surface area contributed by atoms with E-state index in [9.17, 15) is 14.4 Å². The van der Waals surface area contributed by atoms with Crippen molar-refractivity contribution < 1.29 is 28.6 Å². The van der Waals surface area contributed by atoms with E-state index in [1.807, 2.05) is 0 Å². The van der Waals surface area contributed by atoms with Gasteiger partial charge >= 0.3 is 17.9 Å². The normalized spacial score (nSPS) is 12.1. The zero-order chi connectivity index (χ0) is 45.6. The zero-order valence-corrected chi connectivity index (χ0v) is 42.7. The first-order valence-electron chi connectivity index (χ1n) is 27.6. The predicted molar refractivity (Wildman–Crippen MR) is 266 cm³/mol. The van der Waals surface area contributed by atoms with Gasteiger partial charge in [0.15, 0.2) is 6.10 Å². The van der Waals surface area contributed by atoms with Crippen molar-refractivity contribution in [2.45, 2.75) is 311 Å². The molecule has 0 aromatic carbocycles. The Kier molecular flexibility index (Phi) is 46.2. The highest BCUT2D eigenvalue weighted by Crippen LogP contribution is 2.18. The van der Waals surface area contributed by atoms with Gasteiger partial charge in [-0.25, -0.2) is 0 Å². The SMILES string of the molecule is CC(C)CCCCCCCCCCCCCCCC(=O)O[C@H](COC(=O)CCCCCCCCCCCCCCC(C)C)COC(=O)CCCCCCCCCCCCC(C)C. The average Bonchev–Trinajstić information content (AvgIpc) is 3.23. The number of hydrogen-bond acceptors (Lipinski definition) is 6. The van der Waals surface area contributed by atoms with Crippen molar-refractivity contribution in [1.29, 1.82) is 0 Å². The molecule has 0 heterocycles. The number of carbonyl (C=O) groups is 3. The minimum absolute atomic E-state index is 0.0640. The van der Waals surface area contributed by atoms with Crippen LogP contribution in [-0.4, -0.2) is 37.2 Å². The summed E-state index contributed by atoms with van der Waals surface area (Å²) in [6, 6.07) is 0. The van der Waals surface area contributed by atoms with Gasteiger partial charge in [-0.15, -0.1) is 0 Å². The highest BCUT2D eigenvalue weighted by atomic mass is 16.6. The van der Waals surface area contributed by atoms with Crippen molar-refractivity contribution in [3.05, 3.63) is 0 Å². The van der Waals surface area contributed by atoms with Crippen LogP contribution in [0.3, 0.4) is 0 Å². The molecule has 6 heteroatoms. The monoisotopic (exact) mass is 877 g/mol. The lowest BCUT2D eigenvalue weighted by atomic mass is 10.0. The number of hydrogen-bond donors (Lipinski definition) is 0. The number of esters is 3. The van der Waals surface area contributed by atoms with Crippen LogP contribution in [0.25, 0.3) is 0 Å². The van der Waals surface area contributed by atoms with E-state index in [0.717, 1.165) is 75.5 Å². The number of rotatable bonds is 49. The van der Waals surface area contributed by atoms with Crippen LogP contribution in [0, 0.1) is 17.8 Å². The van der Waals surface area contributed by atoms with E-state index in [2.05, 4.69) is 41.5 Å². The summed E-state index contributed by atoms with van der Waals surface area (Å²) >= 11 is 0. The molecule has 0 saturated carbocycles. The smallest absolute Gasteiger partial charge is 0.306 e. The van der Waals surface area contributed by atoms with Crippen molar-refractivity contribution in [3.63, 3.8) is 0 Å². The van der Waals surface area contributed by atoms with Crippen LogP contribution in [0.2, 0.25) is 0 Å². The fraction of sp³-hybridized carbons (Fsp3) is 0.946. The van der Waals surface area contributed by atoms with Crippen LogP contribution in [0.4, 0.5) is 0 Å². The summed E-state index contributed by atoms with van der Waals surface area (Å²) in [6.07, 6.45) is 48.0. The Bertz CT molecular complexity index is 960. The molecule has 0 fully saturated rings.